The lowest BCUT2D eigenvalue weighted by Gasteiger charge is -1.89. The fraction of sp³-hybridized carbons (Fsp3) is 0.300. The van der Waals surface area contributed by atoms with Gasteiger partial charge in [0.05, 0.1) is 6.61 Å². The Balaban J connectivity index is 0.000000149. The Kier molecular flexibility index (Phi) is 3.17. The molecule has 0 N–H and O–H groups in total. The van der Waals surface area contributed by atoms with Crippen LogP contribution in [0, 0.1) is 11.6 Å². The standard InChI is InChI=1S/C6H2F2.C4H8O2/c7-5-2-3-1-4(3)6(5)8;1-3-6-4(2)5/h1-2H;3H2,1-2H3. The highest BCUT2D eigenvalue weighted by Gasteiger charge is 2.22. The molecule has 76 valence electrons. The van der Waals surface area contributed by atoms with Gasteiger partial charge >= 0.3 is 5.97 Å². The molecule has 0 bridgehead atoms. The van der Waals surface area contributed by atoms with Gasteiger partial charge in [0.2, 0.25) is 0 Å². The van der Waals surface area contributed by atoms with E-state index in [0.29, 0.717) is 17.7 Å². The third-order valence-corrected chi connectivity index (χ3v) is 1.60. The van der Waals surface area contributed by atoms with E-state index in [4.69, 9.17) is 0 Å². The molecule has 4 heteroatoms. The molecule has 14 heavy (non-hydrogen) atoms. The fourth-order valence-corrected chi connectivity index (χ4v) is 0.961. The van der Waals surface area contributed by atoms with Crippen LogP contribution in [0.1, 0.15) is 13.8 Å². The van der Waals surface area contributed by atoms with Gasteiger partial charge in [0.25, 0.3) is 0 Å². The number of carbonyl (C=O) groups is 1. The first-order valence-electron chi connectivity index (χ1n) is 4.19. The zero-order valence-corrected chi connectivity index (χ0v) is 7.93. The number of esters is 1. The summed E-state index contributed by atoms with van der Waals surface area (Å²) in [6, 6.07) is 2.81. The first-order chi connectivity index (χ1) is 6.56. The molecule has 0 saturated carbocycles. The van der Waals surface area contributed by atoms with E-state index in [0.717, 1.165) is 0 Å². The molecule has 0 aromatic rings. The predicted molar refractivity (Wildman–Crippen MR) is 47.7 cm³/mol. The van der Waals surface area contributed by atoms with Crippen molar-refractivity contribution >= 4 is 5.97 Å². The van der Waals surface area contributed by atoms with Gasteiger partial charge in [-0.25, -0.2) is 8.78 Å². The molecular weight excluding hydrogens is 190 g/mol. The van der Waals surface area contributed by atoms with Crippen molar-refractivity contribution in [3.8, 4) is 11.1 Å². The molecule has 0 aliphatic heterocycles. The van der Waals surface area contributed by atoms with Crippen LogP contribution in [0.3, 0.4) is 0 Å². The van der Waals surface area contributed by atoms with Crippen LogP contribution in [0.15, 0.2) is 12.1 Å². The molecule has 0 aromatic carbocycles. The van der Waals surface area contributed by atoms with Crippen LogP contribution in [-0.4, -0.2) is 12.6 Å². The Morgan fingerprint density at radius 2 is 2.07 bits per heavy atom. The van der Waals surface area contributed by atoms with Crippen LogP contribution in [-0.2, 0) is 9.53 Å². The fourth-order valence-electron chi connectivity index (χ4n) is 0.961. The quantitative estimate of drug-likeness (QED) is 0.661. The number of halogens is 2. The Labute approximate surface area is 80.5 Å². The van der Waals surface area contributed by atoms with Crippen molar-refractivity contribution in [2.75, 3.05) is 6.61 Å². The highest BCUT2D eigenvalue weighted by molar-refractivity contribution is 5.81. The van der Waals surface area contributed by atoms with E-state index in [9.17, 15) is 13.6 Å². The van der Waals surface area contributed by atoms with Crippen molar-refractivity contribution in [1.29, 1.82) is 0 Å². The third kappa shape index (κ3) is 2.52. The van der Waals surface area contributed by atoms with Crippen molar-refractivity contribution in [2.24, 2.45) is 0 Å². The summed E-state index contributed by atoms with van der Waals surface area (Å²) in [7, 11) is 0. The molecule has 0 aromatic heterocycles. The lowest BCUT2D eigenvalue weighted by molar-refractivity contribution is -0.140. The number of fused-ring (bicyclic) bond motifs is 1. The molecule has 0 saturated heterocycles. The minimum Gasteiger partial charge on any atom is -0.466 e. The molecule has 0 fully saturated rings. The summed E-state index contributed by atoms with van der Waals surface area (Å²) in [5.41, 5.74) is 1.16. The second kappa shape index (κ2) is 4.17. The van der Waals surface area contributed by atoms with E-state index in [1.165, 1.54) is 13.0 Å². The average molecular weight is 200 g/mol. The van der Waals surface area contributed by atoms with E-state index in [2.05, 4.69) is 4.74 Å². The number of ether oxygens (including phenoxy) is 1. The SMILES string of the molecule is CCOC(C)=O.Fc1cc2cc-2c1F. The second-order valence-corrected chi connectivity index (χ2v) is 2.74. The summed E-state index contributed by atoms with van der Waals surface area (Å²) in [4.78, 5) is 9.82. The van der Waals surface area contributed by atoms with E-state index in [1.54, 1.807) is 13.0 Å². The number of carbonyl (C=O) groups excluding carboxylic acids is 1. The van der Waals surface area contributed by atoms with Crippen LogP contribution < -0.4 is 0 Å². The van der Waals surface area contributed by atoms with Gasteiger partial charge in [0.15, 0.2) is 11.6 Å². The van der Waals surface area contributed by atoms with E-state index < -0.39 is 11.6 Å². The molecule has 2 aliphatic rings. The van der Waals surface area contributed by atoms with Gasteiger partial charge in [-0.15, -0.1) is 0 Å². The number of rotatable bonds is 1. The number of hydrogen-bond donors (Lipinski definition) is 0. The topological polar surface area (TPSA) is 26.3 Å². The summed E-state index contributed by atoms with van der Waals surface area (Å²) < 4.78 is 28.5. The highest BCUT2D eigenvalue weighted by atomic mass is 19.2. The van der Waals surface area contributed by atoms with Gasteiger partial charge < -0.3 is 4.74 Å². The normalized spacial score (nSPS) is 10.0. The lowest BCUT2D eigenvalue weighted by atomic mass is 10.5. The first-order valence-corrected chi connectivity index (χ1v) is 4.19. The molecule has 2 aliphatic carbocycles. The minimum absolute atomic E-state index is 0.211. The molecule has 0 unspecified atom stereocenters. The highest BCUT2D eigenvalue weighted by Crippen LogP contribution is 2.38. The first kappa shape index (κ1) is 10.6. The van der Waals surface area contributed by atoms with Gasteiger partial charge in [-0.1, -0.05) is 0 Å². The van der Waals surface area contributed by atoms with Gasteiger partial charge in [0, 0.05) is 12.5 Å². The molecule has 0 amide bonds. The lowest BCUT2D eigenvalue weighted by Crippen LogP contribution is -1.95. The summed E-state index contributed by atoms with van der Waals surface area (Å²) in [5, 5.41) is 0. The van der Waals surface area contributed by atoms with Gasteiger partial charge in [-0.05, 0) is 24.6 Å². The average Bonchev–Trinajstić information content (AvgIpc) is 2.77. The molecular formula is C10H10F2O2. The van der Waals surface area contributed by atoms with Crippen LogP contribution in [0.5, 0.6) is 0 Å². The van der Waals surface area contributed by atoms with E-state index in [-0.39, 0.29) is 5.97 Å². The molecule has 2 rings (SSSR count). The van der Waals surface area contributed by atoms with Crippen LogP contribution >= 0.6 is 0 Å². The zero-order chi connectivity index (χ0) is 10.7. The van der Waals surface area contributed by atoms with Gasteiger partial charge in [0.1, 0.15) is 0 Å². The predicted octanol–water partition coefficient (Wildman–Crippen LogP) is 2.51. The van der Waals surface area contributed by atoms with E-state index in [1.807, 2.05) is 0 Å². The summed E-state index contributed by atoms with van der Waals surface area (Å²) in [6.45, 7) is 3.65. The Morgan fingerprint density at radius 3 is 2.21 bits per heavy atom. The minimum atomic E-state index is -0.725. The van der Waals surface area contributed by atoms with E-state index >= 15 is 0 Å². The third-order valence-electron chi connectivity index (χ3n) is 1.60. The maximum absolute atomic E-state index is 12.1. The van der Waals surface area contributed by atoms with Crippen molar-refractivity contribution in [3.63, 3.8) is 0 Å². The van der Waals surface area contributed by atoms with Crippen LogP contribution in [0.2, 0.25) is 0 Å². The largest absolute Gasteiger partial charge is 0.466 e. The maximum atomic E-state index is 12.1. The van der Waals surface area contributed by atoms with Crippen molar-refractivity contribution in [1.82, 2.24) is 0 Å². The second-order valence-electron chi connectivity index (χ2n) is 2.74. The molecule has 0 spiro atoms. The Hall–Kier alpha value is -1.45. The van der Waals surface area contributed by atoms with Crippen molar-refractivity contribution in [2.45, 2.75) is 13.8 Å². The Bertz CT molecular complexity index is 361. The smallest absolute Gasteiger partial charge is 0.302 e. The monoisotopic (exact) mass is 200 g/mol. The van der Waals surface area contributed by atoms with Gasteiger partial charge in [-0.2, -0.15) is 0 Å². The molecule has 0 heterocycles. The van der Waals surface area contributed by atoms with Gasteiger partial charge in [-0.3, -0.25) is 4.79 Å². The van der Waals surface area contributed by atoms with Crippen LogP contribution in [0.25, 0.3) is 11.1 Å². The molecule has 0 atom stereocenters. The maximum Gasteiger partial charge on any atom is 0.302 e. The van der Waals surface area contributed by atoms with Crippen molar-refractivity contribution < 1.29 is 18.3 Å². The number of benzene rings is 1. The summed E-state index contributed by atoms with van der Waals surface area (Å²) in [5.74, 6) is -1.63. The van der Waals surface area contributed by atoms with Crippen LogP contribution in [0.4, 0.5) is 8.78 Å². The van der Waals surface area contributed by atoms with Crippen molar-refractivity contribution in [3.05, 3.63) is 23.8 Å². The zero-order valence-electron chi connectivity index (χ0n) is 7.93. The summed E-state index contributed by atoms with van der Waals surface area (Å²) in [6.07, 6.45) is 0. The Morgan fingerprint density at radius 1 is 1.43 bits per heavy atom. The summed E-state index contributed by atoms with van der Waals surface area (Å²) >= 11 is 0. The number of hydrogen-bond acceptors (Lipinski definition) is 2. The molecule has 0 radical (unpaired) electrons. The molecule has 2 nitrogen and oxygen atoms in total.